The van der Waals surface area contributed by atoms with Crippen molar-refractivity contribution in [2.75, 3.05) is 23.4 Å². The molecule has 0 radical (unpaired) electrons. The highest BCUT2D eigenvalue weighted by atomic mass is 16.1. The van der Waals surface area contributed by atoms with E-state index >= 15 is 0 Å². The van der Waals surface area contributed by atoms with E-state index in [-0.39, 0.29) is 5.91 Å². The van der Waals surface area contributed by atoms with Crippen molar-refractivity contribution in [2.24, 2.45) is 17.0 Å². The Morgan fingerprint density at radius 1 is 1.58 bits per heavy atom. The molecule has 0 bridgehead atoms. The van der Waals surface area contributed by atoms with Crippen LogP contribution in [0.1, 0.15) is 25.8 Å². The first-order valence-corrected chi connectivity index (χ1v) is 6.37. The van der Waals surface area contributed by atoms with Gasteiger partial charge in [0.25, 0.3) is 0 Å². The molecule has 1 saturated heterocycles. The molecular weight excluding hydrogens is 244 g/mol. The molecule has 19 heavy (non-hydrogen) atoms. The first-order chi connectivity index (χ1) is 9.01. The molecule has 7 heteroatoms. The zero-order chi connectivity index (χ0) is 14.0. The summed E-state index contributed by atoms with van der Waals surface area (Å²) in [6, 6.07) is 0. The molecule has 1 aromatic rings. The summed E-state index contributed by atoms with van der Waals surface area (Å²) >= 11 is 0. The normalized spacial score (nSPS) is 22.6. The minimum atomic E-state index is -0.494. The van der Waals surface area contributed by atoms with Crippen LogP contribution in [0.25, 0.3) is 0 Å². The van der Waals surface area contributed by atoms with Crippen LogP contribution in [0, 0.1) is 5.41 Å². The largest absolute Gasteiger partial charge is 0.369 e. The fourth-order valence-electron chi connectivity index (χ4n) is 2.47. The van der Waals surface area contributed by atoms with Crippen LogP contribution in [-0.4, -0.2) is 29.0 Å². The van der Waals surface area contributed by atoms with E-state index in [1.165, 1.54) is 6.33 Å². The van der Waals surface area contributed by atoms with Crippen LogP contribution in [0.4, 0.5) is 11.6 Å². The van der Waals surface area contributed by atoms with Crippen molar-refractivity contribution in [1.82, 2.24) is 9.97 Å². The number of anilines is 2. The van der Waals surface area contributed by atoms with Gasteiger partial charge in [-0.2, -0.15) is 0 Å². The summed E-state index contributed by atoms with van der Waals surface area (Å²) in [5, 5.41) is 0. The van der Waals surface area contributed by atoms with Gasteiger partial charge in [-0.05, 0) is 19.8 Å². The Hall–Kier alpha value is -1.89. The van der Waals surface area contributed by atoms with Gasteiger partial charge in [0.2, 0.25) is 5.91 Å². The van der Waals surface area contributed by atoms with E-state index in [1.54, 1.807) is 0 Å². The van der Waals surface area contributed by atoms with Crippen molar-refractivity contribution in [3.05, 3.63) is 11.9 Å². The maximum Gasteiger partial charge on any atom is 0.225 e. The second-order valence-electron chi connectivity index (χ2n) is 5.12. The number of nitrogens with zero attached hydrogens (tertiary/aromatic N) is 3. The second kappa shape index (κ2) is 5.00. The number of nitrogens with one attached hydrogen (secondary N) is 1. The van der Waals surface area contributed by atoms with Gasteiger partial charge in [0, 0.05) is 18.7 Å². The molecule has 7 nitrogen and oxygen atoms in total. The van der Waals surface area contributed by atoms with E-state index in [2.05, 4.69) is 20.3 Å². The summed E-state index contributed by atoms with van der Waals surface area (Å²) in [6.45, 7) is 5.25. The number of aromatic nitrogens is 2. The molecule has 1 aliphatic heterocycles. The molecule has 0 spiro atoms. The smallest absolute Gasteiger partial charge is 0.225 e. The standard InChI is InChI=1S/C12H20N6O/c1-3-8-9(17-14)15-7-16-10(8)18-5-4-12(2,6-18)11(13)19/h7H,3-6,14H2,1-2H3,(H2,13,19)(H,15,16,17). The molecule has 1 fully saturated rings. The molecule has 1 aromatic heterocycles. The number of carbonyl (C=O) groups excluding carboxylic acids is 1. The minimum Gasteiger partial charge on any atom is -0.369 e. The molecule has 1 atom stereocenters. The summed E-state index contributed by atoms with van der Waals surface area (Å²) in [4.78, 5) is 22.0. The molecule has 0 aliphatic carbocycles. The van der Waals surface area contributed by atoms with Crippen molar-refractivity contribution in [2.45, 2.75) is 26.7 Å². The third-order valence-corrected chi connectivity index (χ3v) is 3.78. The first kappa shape index (κ1) is 13.5. The van der Waals surface area contributed by atoms with Crippen LogP contribution in [0.5, 0.6) is 0 Å². The molecule has 2 heterocycles. The van der Waals surface area contributed by atoms with Crippen molar-refractivity contribution >= 4 is 17.5 Å². The summed E-state index contributed by atoms with van der Waals surface area (Å²) in [5.74, 6) is 6.65. The predicted molar refractivity (Wildman–Crippen MR) is 73.4 cm³/mol. The molecule has 1 unspecified atom stereocenters. The van der Waals surface area contributed by atoms with E-state index in [9.17, 15) is 4.79 Å². The van der Waals surface area contributed by atoms with Crippen LogP contribution in [-0.2, 0) is 11.2 Å². The van der Waals surface area contributed by atoms with Gasteiger partial charge in [-0.15, -0.1) is 0 Å². The van der Waals surface area contributed by atoms with Gasteiger partial charge in [-0.1, -0.05) is 6.92 Å². The van der Waals surface area contributed by atoms with E-state index in [1.807, 2.05) is 13.8 Å². The first-order valence-electron chi connectivity index (χ1n) is 6.37. The maximum atomic E-state index is 11.5. The van der Waals surface area contributed by atoms with E-state index in [0.717, 1.165) is 30.8 Å². The van der Waals surface area contributed by atoms with Gasteiger partial charge in [-0.25, -0.2) is 15.8 Å². The van der Waals surface area contributed by atoms with Crippen LogP contribution >= 0.6 is 0 Å². The highest BCUT2D eigenvalue weighted by Crippen LogP contribution is 2.34. The molecule has 1 amide bonds. The monoisotopic (exact) mass is 264 g/mol. The van der Waals surface area contributed by atoms with E-state index in [4.69, 9.17) is 11.6 Å². The molecule has 0 aromatic carbocycles. The molecule has 5 N–H and O–H groups in total. The highest BCUT2D eigenvalue weighted by Gasteiger charge is 2.40. The number of amides is 1. The number of carbonyl (C=O) groups is 1. The average molecular weight is 264 g/mol. The van der Waals surface area contributed by atoms with Gasteiger partial charge in [0.1, 0.15) is 18.0 Å². The lowest BCUT2D eigenvalue weighted by Gasteiger charge is -2.24. The number of hydrogen-bond acceptors (Lipinski definition) is 6. The van der Waals surface area contributed by atoms with Crippen LogP contribution < -0.4 is 21.9 Å². The number of primary amides is 1. The number of hydrogen-bond donors (Lipinski definition) is 3. The fraction of sp³-hybridized carbons (Fsp3) is 0.583. The Labute approximate surface area is 112 Å². The van der Waals surface area contributed by atoms with Crippen LogP contribution in [0.2, 0.25) is 0 Å². The Morgan fingerprint density at radius 3 is 2.84 bits per heavy atom. The molecule has 0 saturated carbocycles. The minimum absolute atomic E-state index is 0.265. The van der Waals surface area contributed by atoms with Gasteiger partial charge < -0.3 is 16.1 Å². The highest BCUT2D eigenvalue weighted by molar-refractivity contribution is 5.82. The number of rotatable bonds is 4. The summed E-state index contributed by atoms with van der Waals surface area (Å²) < 4.78 is 0. The maximum absolute atomic E-state index is 11.5. The van der Waals surface area contributed by atoms with Gasteiger partial charge in [0.15, 0.2) is 0 Å². The quantitative estimate of drug-likeness (QED) is 0.522. The lowest BCUT2D eigenvalue weighted by Crippen LogP contribution is -2.37. The van der Waals surface area contributed by atoms with Crippen LogP contribution in [0.15, 0.2) is 6.33 Å². The Bertz CT molecular complexity index is 491. The Balaban J connectivity index is 2.32. The Morgan fingerprint density at radius 2 is 2.32 bits per heavy atom. The van der Waals surface area contributed by atoms with E-state index < -0.39 is 5.41 Å². The van der Waals surface area contributed by atoms with Crippen molar-refractivity contribution < 1.29 is 4.79 Å². The van der Waals surface area contributed by atoms with Gasteiger partial charge >= 0.3 is 0 Å². The zero-order valence-electron chi connectivity index (χ0n) is 11.3. The summed E-state index contributed by atoms with van der Waals surface area (Å²) in [6.07, 6.45) is 2.98. The lowest BCUT2D eigenvalue weighted by molar-refractivity contribution is -0.125. The summed E-state index contributed by atoms with van der Waals surface area (Å²) in [5.41, 5.74) is 8.52. The van der Waals surface area contributed by atoms with Gasteiger partial charge in [-0.3, -0.25) is 4.79 Å². The number of hydrazine groups is 1. The van der Waals surface area contributed by atoms with Crippen molar-refractivity contribution in [3.63, 3.8) is 0 Å². The molecule has 104 valence electrons. The van der Waals surface area contributed by atoms with Gasteiger partial charge in [0.05, 0.1) is 5.41 Å². The van der Waals surface area contributed by atoms with Crippen molar-refractivity contribution in [3.8, 4) is 0 Å². The third-order valence-electron chi connectivity index (χ3n) is 3.78. The van der Waals surface area contributed by atoms with E-state index in [0.29, 0.717) is 12.4 Å². The molecular formula is C12H20N6O. The van der Waals surface area contributed by atoms with Crippen molar-refractivity contribution in [1.29, 1.82) is 0 Å². The lowest BCUT2D eigenvalue weighted by atomic mass is 9.89. The zero-order valence-corrected chi connectivity index (χ0v) is 11.3. The number of nitrogen functional groups attached to an aromatic ring is 1. The number of nitrogens with two attached hydrogens (primary N) is 2. The third kappa shape index (κ3) is 2.33. The fourth-order valence-corrected chi connectivity index (χ4v) is 2.47. The second-order valence-corrected chi connectivity index (χ2v) is 5.12. The predicted octanol–water partition coefficient (Wildman–Crippen LogP) is 0.0263. The molecule has 2 rings (SSSR count). The van der Waals surface area contributed by atoms with Crippen LogP contribution in [0.3, 0.4) is 0 Å². The molecule has 1 aliphatic rings. The summed E-state index contributed by atoms with van der Waals surface area (Å²) in [7, 11) is 0. The Kier molecular flexibility index (Phi) is 3.57. The topological polar surface area (TPSA) is 110 Å². The average Bonchev–Trinajstić information content (AvgIpc) is 2.81. The SMILES string of the molecule is CCc1c(NN)ncnc1N1CCC(C)(C(N)=O)C1.